The van der Waals surface area contributed by atoms with Gasteiger partial charge in [-0.3, -0.25) is 9.80 Å². The number of hydrogen-bond acceptors (Lipinski definition) is 3. The first-order valence-electron chi connectivity index (χ1n) is 9.64. The molecule has 2 aromatic rings. The van der Waals surface area contributed by atoms with Crippen LogP contribution in [-0.2, 0) is 17.7 Å². The Balaban J connectivity index is 1.52. The number of rotatable bonds is 5. The van der Waals surface area contributed by atoms with Crippen molar-refractivity contribution in [2.24, 2.45) is 0 Å². The minimum Gasteiger partial charge on any atom is -0.379 e. The first-order chi connectivity index (χ1) is 12.8. The number of nitrogens with zero attached hydrogens (tertiary/aromatic N) is 2. The second-order valence-electron chi connectivity index (χ2n) is 7.36. The molecule has 0 unspecified atom stereocenters. The third-order valence-corrected chi connectivity index (χ3v) is 5.73. The smallest absolute Gasteiger partial charge is 0.123 e. The molecule has 2 fully saturated rings. The van der Waals surface area contributed by atoms with Crippen LogP contribution in [0, 0.1) is 5.82 Å². The predicted molar refractivity (Wildman–Crippen MR) is 102 cm³/mol. The lowest BCUT2D eigenvalue weighted by atomic mass is 9.98. The normalized spacial score (nSPS) is 24.8. The van der Waals surface area contributed by atoms with Crippen molar-refractivity contribution in [2.45, 2.75) is 31.5 Å². The number of halogens is 1. The highest BCUT2D eigenvalue weighted by Crippen LogP contribution is 2.28. The summed E-state index contributed by atoms with van der Waals surface area (Å²) >= 11 is 0. The molecule has 2 heterocycles. The van der Waals surface area contributed by atoms with Crippen molar-refractivity contribution in [2.75, 3.05) is 32.8 Å². The van der Waals surface area contributed by atoms with Gasteiger partial charge < -0.3 is 4.74 Å². The fourth-order valence-corrected chi connectivity index (χ4v) is 4.38. The number of morpholine rings is 1. The molecule has 0 bridgehead atoms. The fraction of sp³-hybridized carbons (Fsp3) is 0.455. The molecule has 2 atom stereocenters. The molecular formula is C22H27FN2O. The summed E-state index contributed by atoms with van der Waals surface area (Å²) in [7, 11) is 0. The fourth-order valence-electron chi connectivity index (χ4n) is 4.38. The minimum absolute atomic E-state index is 0.165. The van der Waals surface area contributed by atoms with Gasteiger partial charge in [-0.1, -0.05) is 42.5 Å². The van der Waals surface area contributed by atoms with Crippen LogP contribution in [-0.4, -0.2) is 54.7 Å². The highest BCUT2D eigenvalue weighted by atomic mass is 19.1. The van der Waals surface area contributed by atoms with Crippen LogP contribution in [0.25, 0.3) is 0 Å². The molecular weight excluding hydrogens is 327 g/mol. The molecule has 26 heavy (non-hydrogen) atoms. The summed E-state index contributed by atoms with van der Waals surface area (Å²) in [5.74, 6) is -0.165. The molecule has 0 N–H and O–H groups in total. The second kappa shape index (κ2) is 8.30. The van der Waals surface area contributed by atoms with Crippen molar-refractivity contribution in [1.82, 2.24) is 9.80 Å². The molecule has 0 saturated carbocycles. The SMILES string of the molecule is Fc1ccc(CN2CC[C@@H](N3CCOCC3)[C@@H]2Cc2ccccc2)cc1. The lowest BCUT2D eigenvalue weighted by Crippen LogP contribution is -2.50. The maximum absolute atomic E-state index is 13.2. The summed E-state index contributed by atoms with van der Waals surface area (Å²) in [6.45, 7) is 5.72. The lowest BCUT2D eigenvalue weighted by Gasteiger charge is -2.37. The number of ether oxygens (including phenoxy) is 1. The Hall–Kier alpha value is -1.75. The number of hydrogen-bond donors (Lipinski definition) is 0. The lowest BCUT2D eigenvalue weighted by molar-refractivity contribution is 0.00789. The summed E-state index contributed by atoms with van der Waals surface area (Å²) < 4.78 is 18.8. The van der Waals surface area contributed by atoms with Crippen LogP contribution < -0.4 is 0 Å². The van der Waals surface area contributed by atoms with E-state index in [9.17, 15) is 4.39 Å². The summed E-state index contributed by atoms with van der Waals surface area (Å²) in [4.78, 5) is 5.20. The Morgan fingerprint density at radius 1 is 0.885 bits per heavy atom. The van der Waals surface area contributed by atoms with Crippen LogP contribution in [0.5, 0.6) is 0 Å². The van der Waals surface area contributed by atoms with Crippen molar-refractivity contribution >= 4 is 0 Å². The highest BCUT2D eigenvalue weighted by Gasteiger charge is 2.38. The maximum Gasteiger partial charge on any atom is 0.123 e. The molecule has 2 aromatic carbocycles. The number of benzene rings is 2. The van der Waals surface area contributed by atoms with Gasteiger partial charge >= 0.3 is 0 Å². The molecule has 0 radical (unpaired) electrons. The largest absolute Gasteiger partial charge is 0.379 e. The quantitative estimate of drug-likeness (QED) is 0.819. The second-order valence-corrected chi connectivity index (χ2v) is 7.36. The molecule has 2 saturated heterocycles. The van der Waals surface area contributed by atoms with E-state index < -0.39 is 0 Å². The van der Waals surface area contributed by atoms with Gasteiger partial charge in [0.1, 0.15) is 5.82 Å². The molecule has 0 aromatic heterocycles. The van der Waals surface area contributed by atoms with Gasteiger partial charge in [-0.25, -0.2) is 4.39 Å². The van der Waals surface area contributed by atoms with E-state index in [2.05, 4.69) is 40.1 Å². The summed E-state index contributed by atoms with van der Waals surface area (Å²) in [6, 6.07) is 18.8. The first-order valence-corrected chi connectivity index (χ1v) is 9.64. The van der Waals surface area contributed by atoms with E-state index in [4.69, 9.17) is 4.74 Å². The van der Waals surface area contributed by atoms with E-state index in [1.807, 2.05) is 12.1 Å². The van der Waals surface area contributed by atoms with Gasteiger partial charge in [0.05, 0.1) is 13.2 Å². The van der Waals surface area contributed by atoms with Crippen LogP contribution >= 0.6 is 0 Å². The molecule has 4 heteroatoms. The molecule has 3 nitrogen and oxygen atoms in total. The van der Waals surface area contributed by atoms with Crippen LogP contribution in [0.1, 0.15) is 17.5 Å². The van der Waals surface area contributed by atoms with Crippen molar-refractivity contribution in [3.63, 3.8) is 0 Å². The summed E-state index contributed by atoms with van der Waals surface area (Å²) in [5.41, 5.74) is 2.58. The topological polar surface area (TPSA) is 15.7 Å². The summed E-state index contributed by atoms with van der Waals surface area (Å²) in [5, 5.41) is 0. The first kappa shape index (κ1) is 17.7. The van der Waals surface area contributed by atoms with E-state index >= 15 is 0 Å². The van der Waals surface area contributed by atoms with E-state index in [-0.39, 0.29) is 5.82 Å². The van der Waals surface area contributed by atoms with Crippen molar-refractivity contribution in [3.05, 3.63) is 71.5 Å². The molecule has 4 rings (SSSR count). The Bertz CT molecular complexity index is 685. The third kappa shape index (κ3) is 4.14. The van der Waals surface area contributed by atoms with E-state index in [1.165, 1.54) is 17.5 Å². The molecule has 0 aliphatic carbocycles. The Labute approximate surface area is 155 Å². The van der Waals surface area contributed by atoms with E-state index in [0.717, 1.165) is 45.8 Å². The minimum atomic E-state index is -0.165. The van der Waals surface area contributed by atoms with Crippen LogP contribution in [0.15, 0.2) is 54.6 Å². The average Bonchev–Trinajstić information content (AvgIpc) is 3.07. The monoisotopic (exact) mass is 354 g/mol. The van der Waals surface area contributed by atoms with Crippen molar-refractivity contribution < 1.29 is 9.13 Å². The van der Waals surface area contributed by atoms with Gasteiger partial charge in [0.2, 0.25) is 0 Å². The van der Waals surface area contributed by atoms with Gasteiger partial charge in [-0.05, 0) is 36.1 Å². The Morgan fingerprint density at radius 2 is 1.62 bits per heavy atom. The van der Waals surface area contributed by atoms with Crippen LogP contribution in [0.3, 0.4) is 0 Å². The van der Waals surface area contributed by atoms with E-state index in [0.29, 0.717) is 12.1 Å². The summed E-state index contributed by atoms with van der Waals surface area (Å²) in [6.07, 6.45) is 2.25. The van der Waals surface area contributed by atoms with Gasteiger partial charge in [0.15, 0.2) is 0 Å². The molecule has 0 amide bonds. The zero-order valence-electron chi connectivity index (χ0n) is 15.2. The van der Waals surface area contributed by atoms with Crippen LogP contribution in [0.4, 0.5) is 4.39 Å². The van der Waals surface area contributed by atoms with Crippen molar-refractivity contribution in [3.8, 4) is 0 Å². The zero-order valence-corrected chi connectivity index (χ0v) is 15.2. The molecule has 2 aliphatic rings. The van der Waals surface area contributed by atoms with E-state index in [1.54, 1.807) is 12.1 Å². The standard InChI is InChI=1S/C22H27FN2O/c23-20-8-6-19(7-9-20)17-25-11-10-21(24-12-14-26-15-13-24)22(25)16-18-4-2-1-3-5-18/h1-9,21-22H,10-17H2/t21-,22+/m1/s1. The van der Waals surface area contributed by atoms with Crippen LogP contribution in [0.2, 0.25) is 0 Å². The predicted octanol–water partition coefficient (Wildman–Crippen LogP) is 3.34. The van der Waals surface area contributed by atoms with Gasteiger partial charge in [-0.15, -0.1) is 0 Å². The van der Waals surface area contributed by atoms with Gasteiger partial charge in [0, 0.05) is 38.3 Å². The Kier molecular flexibility index (Phi) is 5.63. The molecule has 0 spiro atoms. The Morgan fingerprint density at radius 3 is 2.35 bits per heavy atom. The van der Waals surface area contributed by atoms with Gasteiger partial charge in [-0.2, -0.15) is 0 Å². The van der Waals surface area contributed by atoms with Crippen molar-refractivity contribution in [1.29, 1.82) is 0 Å². The highest BCUT2D eigenvalue weighted by molar-refractivity contribution is 5.19. The maximum atomic E-state index is 13.2. The number of likely N-dealkylation sites (tertiary alicyclic amines) is 1. The average molecular weight is 354 g/mol. The molecule has 138 valence electrons. The third-order valence-electron chi connectivity index (χ3n) is 5.73. The molecule has 2 aliphatic heterocycles. The van der Waals surface area contributed by atoms with Gasteiger partial charge in [0.25, 0.3) is 0 Å². The zero-order chi connectivity index (χ0) is 17.8.